The smallest absolute Gasteiger partial charge is 0.253 e. The van der Waals surface area contributed by atoms with Crippen molar-refractivity contribution in [2.24, 2.45) is 0 Å². The molecule has 0 saturated carbocycles. The second-order valence-corrected chi connectivity index (χ2v) is 7.19. The molecule has 2 N–H and O–H groups in total. The topological polar surface area (TPSA) is 76.7 Å². The molecular formula is C22H26N2O4. The zero-order chi connectivity index (χ0) is 20.7. The van der Waals surface area contributed by atoms with Gasteiger partial charge >= 0.3 is 0 Å². The van der Waals surface area contributed by atoms with Crippen LogP contribution < -0.4 is 20.1 Å². The normalized spacial score (nSPS) is 11.2. The minimum absolute atomic E-state index is 0.243. The summed E-state index contributed by atoms with van der Waals surface area (Å²) < 4.78 is 10.5. The molecule has 6 heteroatoms. The molecular weight excluding hydrogens is 356 g/mol. The lowest BCUT2D eigenvalue weighted by atomic mass is 10.1. The number of carbonyl (C=O) groups is 2. The van der Waals surface area contributed by atoms with Crippen LogP contribution in [0.2, 0.25) is 0 Å². The lowest BCUT2D eigenvalue weighted by molar-refractivity contribution is -0.111. The van der Waals surface area contributed by atoms with Gasteiger partial charge in [0.15, 0.2) is 11.5 Å². The number of hydrogen-bond donors (Lipinski definition) is 2. The van der Waals surface area contributed by atoms with Gasteiger partial charge in [-0.25, -0.2) is 0 Å². The van der Waals surface area contributed by atoms with Gasteiger partial charge in [-0.2, -0.15) is 0 Å². The maximum atomic E-state index is 12.5. The van der Waals surface area contributed by atoms with Crippen molar-refractivity contribution in [2.45, 2.75) is 26.3 Å². The number of rotatable bonds is 6. The molecule has 0 aliphatic heterocycles. The van der Waals surface area contributed by atoms with Crippen molar-refractivity contribution in [1.82, 2.24) is 5.32 Å². The maximum Gasteiger partial charge on any atom is 0.253 e. The molecule has 0 spiro atoms. The number of ether oxygens (including phenoxy) is 2. The average molecular weight is 382 g/mol. The fourth-order valence-corrected chi connectivity index (χ4v) is 2.50. The minimum Gasteiger partial charge on any atom is -0.493 e. The Morgan fingerprint density at radius 2 is 1.64 bits per heavy atom. The second-order valence-electron chi connectivity index (χ2n) is 7.19. The molecule has 0 aromatic heterocycles. The van der Waals surface area contributed by atoms with E-state index in [-0.39, 0.29) is 17.4 Å². The van der Waals surface area contributed by atoms with Crippen LogP contribution in [0.25, 0.3) is 6.08 Å². The zero-order valence-corrected chi connectivity index (χ0v) is 16.8. The number of hydrogen-bond acceptors (Lipinski definition) is 4. The van der Waals surface area contributed by atoms with Gasteiger partial charge in [-0.05, 0) is 56.7 Å². The Labute approximate surface area is 165 Å². The van der Waals surface area contributed by atoms with Crippen LogP contribution in [0.5, 0.6) is 11.5 Å². The van der Waals surface area contributed by atoms with Crippen molar-refractivity contribution in [2.75, 3.05) is 19.5 Å². The van der Waals surface area contributed by atoms with Crippen LogP contribution in [0, 0.1) is 0 Å². The molecule has 0 bridgehead atoms. The Kier molecular flexibility index (Phi) is 6.82. The highest BCUT2D eigenvalue weighted by Crippen LogP contribution is 2.28. The van der Waals surface area contributed by atoms with Crippen molar-refractivity contribution in [3.63, 3.8) is 0 Å². The van der Waals surface area contributed by atoms with Crippen molar-refractivity contribution in [3.8, 4) is 11.5 Å². The summed E-state index contributed by atoms with van der Waals surface area (Å²) in [5.41, 5.74) is 1.27. The molecule has 6 nitrogen and oxygen atoms in total. The first-order chi connectivity index (χ1) is 13.2. The van der Waals surface area contributed by atoms with E-state index in [1.165, 1.54) is 6.08 Å². The quantitative estimate of drug-likeness (QED) is 0.743. The van der Waals surface area contributed by atoms with E-state index in [0.717, 1.165) is 5.56 Å². The first kappa shape index (κ1) is 21.0. The maximum absolute atomic E-state index is 12.5. The Morgan fingerprint density at radius 1 is 0.964 bits per heavy atom. The van der Waals surface area contributed by atoms with E-state index in [4.69, 9.17) is 9.47 Å². The van der Waals surface area contributed by atoms with E-state index < -0.39 is 0 Å². The fourth-order valence-electron chi connectivity index (χ4n) is 2.50. The highest BCUT2D eigenvalue weighted by molar-refractivity contribution is 6.07. The summed E-state index contributed by atoms with van der Waals surface area (Å²) in [6.45, 7) is 5.70. The third kappa shape index (κ3) is 5.87. The Morgan fingerprint density at radius 3 is 2.29 bits per heavy atom. The van der Waals surface area contributed by atoms with E-state index in [1.54, 1.807) is 56.7 Å². The van der Waals surface area contributed by atoms with Crippen LogP contribution >= 0.6 is 0 Å². The molecule has 0 radical (unpaired) electrons. The van der Waals surface area contributed by atoms with Gasteiger partial charge in [0, 0.05) is 11.6 Å². The van der Waals surface area contributed by atoms with Gasteiger partial charge in [-0.1, -0.05) is 18.2 Å². The minimum atomic E-state index is -0.373. The number of benzene rings is 2. The lowest BCUT2D eigenvalue weighted by Gasteiger charge is -2.21. The molecule has 2 amide bonds. The largest absolute Gasteiger partial charge is 0.493 e. The highest BCUT2D eigenvalue weighted by atomic mass is 16.5. The van der Waals surface area contributed by atoms with Crippen molar-refractivity contribution < 1.29 is 19.1 Å². The second kappa shape index (κ2) is 9.08. The first-order valence-electron chi connectivity index (χ1n) is 8.86. The molecule has 0 fully saturated rings. The van der Waals surface area contributed by atoms with Crippen LogP contribution in [0.15, 0.2) is 48.5 Å². The van der Waals surface area contributed by atoms with Crippen molar-refractivity contribution >= 4 is 23.6 Å². The average Bonchev–Trinajstić information content (AvgIpc) is 2.65. The number of methoxy groups -OCH3 is 2. The standard InChI is InChI=1S/C22H26N2O4/c1-22(2,3)24-21(26)16-8-6-7-9-17(16)23-20(25)13-11-15-10-12-18(27-4)19(14-15)28-5/h6-14H,1-5H3,(H,23,25)(H,24,26). The summed E-state index contributed by atoms with van der Waals surface area (Å²) in [5.74, 6) is 0.607. The number of anilines is 1. The van der Waals surface area contributed by atoms with Crippen molar-refractivity contribution in [3.05, 3.63) is 59.7 Å². The van der Waals surface area contributed by atoms with Gasteiger partial charge in [0.05, 0.1) is 25.5 Å². The van der Waals surface area contributed by atoms with Gasteiger partial charge in [-0.15, -0.1) is 0 Å². The molecule has 28 heavy (non-hydrogen) atoms. The Hall–Kier alpha value is -3.28. The van der Waals surface area contributed by atoms with Gasteiger partial charge in [0.1, 0.15) is 0 Å². The van der Waals surface area contributed by atoms with Crippen LogP contribution in [-0.2, 0) is 4.79 Å². The zero-order valence-electron chi connectivity index (χ0n) is 16.8. The molecule has 0 atom stereocenters. The third-order valence-corrected chi connectivity index (χ3v) is 3.75. The molecule has 2 rings (SSSR count). The molecule has 0 unspecified atom stereocenters. The van der Waals surface area contributed by atoms with Crippen LogP contribution in [-0.4, -0.2) is 31.6 Å². The summed E-state index contributed by atoms with van der Waals surface area (Å²) in [6, 6.07) is 12.2. The first-order valence-corrected chi connectivity index (χ1v) is 8.86. The Bertz CT molecular complexity index is 882. The fraction of sp³-hybridized carbons (Fsp3) is 0.273. The van der Waals surface area contributed by atoms with Crippen LogP contribution in [0.1, 0.15) is 36.7 Å². The summed E-state index contributed by atoms with van der Waals surface area (Å²) in [4.78, 5) is 24.8. The predicted molar refractivity (Wildman–Crippen MR) is 111 cm³/mol. The molecule has 2 aromatic carbocycles. The third-order valence-electron chi connectivity index (χ3n) is 3.75. The Balaban J connectivity index is 2.13. The van der Waals surface area contributed by atoms with Crippen LogP contribution in [0.4, 0.5) is 5.69 Å². The summed E-state index contributed by atoms with van der Waals surface area (Å²) in [7, 11) is 3.12. The lowest BCUT2D eigenvalue weighted by Crippen LogP contribution is -2.40. The number of amides is 2. The van der Waals surface area contributed by atoms with Crippen LogP contribution in [0.3, 0.4) is 0 Å². The molecule has 0 heterocycles. The number of para-hydroxylation sites is 1. The SMILES string of the molecule is COc1ccc(C=CC(=O)Nc2ccccc2C(=O)NC(C)(C)C)cc1OC. The van der Waals surface area contributed by atoms with E-state index in [0.29, 0.717) is 22.7 Å². The molecule has 2 aromatic rings. The van der Waals surface area contributed by atoms with Gasteiger partial charge in [0.2, 0.25) is 5.91 Å². The van der Waals surface area contributed by atoms with Gasteiger partial charge < -0.3 is 20.1 Å². The van der Waals surface area contributed by atoms with E-state index in [1.807, 2.05) is 26.8 Å². The molecule has 0 saturated heterocycles. The molecule has 148 valence electrons. The van der Waals surface area contributed by atoms with E-state index in [9.17, 15) is 9.59 Å². The monoisotopic (exact) mass is 382 g/mol. The molecule has 0 aliphatic rings. The number of nitrogens with one attached hydrogen (secondary N) is 2. The van der Waals surface area contributed by atoms with Crippen molar-refractivity contribution in [1.29, 1.82) is 0 Å². The van der Waals surface area contributed by atoms with E-state index >= 15 is 0 Å². The summed E-state index contributed by atoms with van der Waals surface area (Å²) >= 11 is 0. The van der Waals surface area contributed by atoms with E-state index in [2.05, 4.69) is 10.6 Å². The van der Waals surface area contributed by atoms with Gasteiger partial charge in [-0.3, -0.25) is 9.59 Å². The van der Waals surface area contributed by atoms with Gasteiger partial charge in [0.25, 0.3) is 5.91 Å². The molecule has 0 aliphatic carbocycles. The summed E-state index contributed by atoms with van der Waals surface area (Å²) in [6.07, 6.45) is 3.06. The highest BCUT2D eigenvalue weighted by Gasteiger charge is 2.18. The summed E-state index contributed by atoms with van der Waals surface area (Å²) in [5, 5.41) is 5.65. The number of carbonyl (C=O) groups excluding carboxylic acids is 2. The predicted octanol–water partition coefficient (Wildman–Crippen LogP) is 3.88.